The van der Waals surface area contributed by atoms with Gasteiger partial charge in [-0.3, -0.25) is 48.3 Å². The van der Waals surface area contributed by atoms with Crippen LogP contribution >= 0.6 is 11.8 Å². The van der Waals surface area contributed by atoms with E-state index in [1.807, 2.05) is 0 Å². The maximum atomic E-state index is 14.1. The number of carbonyl (C=O) groups excluding carboxylic acids is 8. The van der Waals surface area contributed by atoms with Gasteiger partial charge in [-0.15, -0.1) is 11.8 Å². The Morgan fingerprint density at radius 3 is 2.03 bits per heavy atom. The topological polar surface area (TPSA) is 419 Å². The summed E-state index contributed by atoms with van der Waals surface area (Å²) in [6.45, 7) is -1.17. The quantitative estimate of drug-likeness (QED) is 0.0256. The van der Waals surface area contributed by atoms with Crippen LogP contribution in [0.4, 0.5) is 5.69 Å². The molecule has 74 heavy (non-hydrogen) atoms. The Balaban J connectivity index is 1.20. The number of fused-ring (bicyclic) bond motifs is 1. The summed E-state index contributed by atoms with van der Waals surface area (Å²) in [4.78, 5) is 134. The van der Waals surface area contributed by atoms with Gasteiger partial charge in [0.1, 0.15) is 42.8 Å². The van der Waals surface area contributed by atoms with Gasteiger partial charge in [0.15, 0.2) is 11.9 Å². The van der Waals surface area contributed by atoms with Crippen molar-refractivity contribution in [2.45, 2.75) is 105 Å². The molecule has 27 heteroatoms. The van der Waals surface area contributed by atoms with Crippen LogP contribution in [-0.4, -0.2) is 179 Å². The molecule has 0 bridgehead atoms. The van der Waals surface area contributed by atoms with Crippen LogP contribution in [0.5, 0.6) is 0 Å². The first-order valence-corrected chi connectivity index (χ1v) is 25.2. The molecule has 26 nitrogen and oxygen atoms in total. The molecule has 402 valence electrons. The highest BCUT2D eigenvalue weighted by Gasteiger charge is 2.43. The van der Waals surface area contributed by atoms with Crippen LogP contribution in [0.15, 0.2) is 69.5 Å². The number of aliphatic imine (C=N–C) groups is 2. The van der Waals surface area contributed by atoms with Gasteiger partial charge in [-0.25, -0.2) is 4.79 Å². The summed E-state index contributed by atoms with van der Waals surface area (Å²) >= 11 is 1.19. The zero-order valence-corrected chi connectivity index (χ0v) is 41.7. The van der Waals surface area contributed by atoms with Crippen molar-refractivity contribution in [1.29, 1.82) is 0 Å². The van der Waals surface area contributed by atoms with Crippen LogP contribution in [0, 0.1) is 0 Å². The predicted octanol–water partition coefficient (Wildman–Crippen LogP) is -4.08. The van der Waals surface area contributed by atoms with Gasteiger partial charge in [-0.2, -0.15) is 0 Å². The van der Waals surface area contributed by atoms with E-state index in [4.69, 9.17) is 28.7 Å². The zero-order valence-electron chi connectivity index (χ0n) is 40.9. The van der Waals surface area contributed by atoms with E-state index in [1.165, 1.54) is 21.6 Å². The van der Waals surface area contributed by atoms with Crippen LogP contribution in [-0.2, 0) is 49.6 Å². The number of rotatable bonds is 25. The van der Waals surface area contributed by atoms with Crippen molar-refractivity contribution in [2.75, 3.05) is 56.5 Å². The van der Waals surface area contributed by atoms with Crippen LogP contribution in [0.3, 0.4) is 0 Å². The van der Waals surface area contributed by atoms with E-state index in [0.29, 0.717) is 67.8 Å². The number of aliphatic carboxylic acids is 1. The van der Waals surface area contributed by atoms with Crippen molar-refractivity contribution in [2.24, 2.45) is 38.7 Å². The lowest BCUT2D eigenvalue weighted by Crippen LogP contribution is -2.59. The van der Waals surface area contributed by atoms with Gasteiger partial charge in [0.2, 0.25) is 41.4 Å². The number of aliphatic hydroxyl groups excluding tert-OH is 1. The van der Waals surface area contributed by atoms with E-state index >= 15 is 0 Å². The van der Waals surface area contributed by atoms with Crippen LogP contribution in [0.2, 0.25) is 0 Å². The smallest absolute Gasteiger partial charge is 0.326 e. The molecular weight excluding hydrogens is 983 g/mol. The van der Waals surface area contributed by atoms with Crippen LogP contribution < -0.4 is 60.2 Å². The number of nitrogens with one attached hydrogen (secondary N) is 5. The lowest BCUT2D eigenvalue weighted by atomic mass is 10.0. The molecule has 3 aliphatic rings. The third kappa shape index (κ3) is 16.5. The molecule has 17 N–H and O–H groups in total. The fourth-order valence-corrected chi connectivity index (χ4v) is 9.80. The maximum Gasteiger partial charge on any atom is 0.326 e. The highest BCUT2D eigenvalue weighted by molar-refractivity contribution is 7.99. The van der Waals surface area contributed by atoms with E-state index in [2.05, 4.69) is 36.6 Å². The van der Waals surface area contributed by atoms with Crippen molar-refractivity contribution >= 4 is 82.6 Å². The van der Waals surface area contributed by atoms with Gasteiger partial charge < -0.3 is 80.2 Å². The van der Waals surface area contributed by atoms with E-state index in [9.17, 15) is 53.4 Å². The number of hydrogen-bond acceptors (Lipinski definition) is 14. The average molecular weight is 1050 g/mol. The third-order valence-corrected chi connectivity index (χ3v) is 13.6. The second-order valence-corrected chi connectivity index (χ2v) is 18.9. The van der Waals surface area contributed by atoms with Crippen molar-refractivity contribution < 1.29 is 53.4 Å². The molecule has 2 saturated heterocycles. The first-order chi connectivity index (χ1) is 35.4. The summed E-state index contributed by atoms with van der Waals surface area (Å²) in [6, 6.07) is 6.96. The zero-order chi connectivity index (χ0) is 53.9. The summed E-state index contributed by atoms with van der Waals surface area (Å²) in [5.74, 6) is -7.20. The molecular formula is C47H67N15O11S. The van der Waals surface area contributed by atoms with Gasteiger partial charge in [0, 0.05) is 43.2 Å². The number of likely N-dealkylation sites (tertiary alicyclic amines) is 2. The second kappa shape index (κ2) is 28.1. The molecule has 8 amide bonds. The standard InChI is InChI=1S/C47H67N15O11S/c48-28(12-6-18-53-46(49)50)42(69)61-21-9-16-35(61)44(71)60-20-8-15-34(60)41(68)55-23-37(64)57-30(22-27-10-2-1-3-11-27)39(66)58-31(25-63)40(67)59-32-26-74-36-17-5-4-14-33(36)62(43(32)70)24-38(65)56-29(45(72)73)13-7-19-54-47(51)52/h1-5,10-11,14,17,28-32,34-35,63H,6-9,12-13,15-16,18-26,48H2,(H,55,68)(H,56,65)(H,57,64)(H,58,66)(H,59,67)(H,72,73)(H4,49,50,53)(H4,51,52,54)/t28-,29-,30-,31-,32+,34-,35-/m0/s1. The van der Waals surface area contributed by atoms with Crippen molar-refractivity contribution in [3.8, 4) is 0 Å². The molecule has 0 saturated carbocycles. The molecule has 7 atom stereocenters. The Labute approximate surface area is 431 Å². The second-order valence-electron chi connectivity index (χ2n) is 17.9. The van der Waals surface area contributed by atoms with E-state index in [-0.39, 0.29) is 50.0 Å². The summed E-state index contributed by atoms with van der Waals surface area (Å²) in [5, 5.41) is 32.8. The van der Waals surface area contributed by atoms with E-state index in [1.54, 1.807) is 54.6 Å². The molecule has 0 aromatic heterocycles. The molecule has 0 spiro atoms. The Morgan fingerprint density at radius 2 is 1.36 bits per heavy atom. The minimum absolute atomic E-state index is 0.0188. The number of carboxylic acid groups (broad SMARTS) is 1. The van der Waals surface area contributed by atoms with Crippen molar-refractivity contribution in [1.82, 2.24) is 36.4 Å². The first kappa shape index (κ1) is 57.4. The molecule has 3 aliphatic heterocycles. The number of carboxylic acids is 1. The summed E-state index contributed by atoms with van der Waals surface area (Å²) in [5.41, 5.74) is 28.5. The average Bonchev–Trinajstić information content (AvgIpc) is 4.06. The maximum absolute atomic E-state index is 14.1. The SMILES string of the molecule is NC(N)=NCCC[C@H](NC(=O)CN1C(=O)[C@H](NC(=O)[C@H](CO)NC(=O)[C@H](Cc2ccccc2)NC(=O)CNC(=O)[C@@H]2CCCN2C(=O)[C@@H]2CCCN2C(=O)[C@@H](N)CCCN=C(N)N)CSc2ccccc21)C(=O)O. The largest absolute Gasteiger partial charge is 0.480 e. The third-order valence-electron chi connectivity index (χ3n) is 12.4. The number of para-hydroxylation sites is 1. The molecule has 0 unspecified atom stereocenters. The minimum Gasteiger partial charge on any atom is -0.480 e. The normalized spacial score (nSPS) is 18.8. The summed E-state index contributed by atoms with van der Waals surface area (Å²) < 4.78 is 0. The minimum atomic E-state index is -1.64. The number of anilines is 1. The van der Waals surface area contributed by atoms with Crippen molar-refractivity contribution in [3.63, 3.8) is 0 Å². The molecule has 0 radical (unpaired) electrons. The number of aliphatic hydroxyl groups is 1. The lowest BCUT2D eigenvalue weighted by molar-refractivity contribution is -0.147. The lowest BCUT2D eigenvalue weighted by Gasteiger charge is -2.32. The van der Waals surface area contributed by atoms with Crippen LogP contribution in [0.25, 0.3) is 0 Å². The fourth-order valence-electron chi connectivity index (χ4n) is 8.73. The number of thioether (sulfide) groups is 1. The summed E-state index contributed by atoms with van der Waals surface area (Å²) in [7, 11) is 0. The number of guanidine groups is 2. The fraction of sp³-hybridized carbons (Fsp3) is 0.511. The number of nitrogens with zero attached hydrogens (tertiary/aromatic N) is 5. The summed E-state index contributed by atoms with van der Waals surface area (Å²) in [6.07, 6.45) is 2.62. The highest BCUT2D eigenvalue weighted by atomic mass is 32.2. The number of carbonyl (C=O) groups is 9. The number of benzene rings is 2. The highest BCUT2D eigenvalue weighted by Crippen LogP contribution is 2.34. The van der Waals surface area contributed by atoms with Gasteiger partial charge in [-0.05, 0) is 69.1 Å². The number of amides is 8. The predicted molar refractivity (Wildman–Crippen MR) is 272 cm³/mol. The molecule has 5 rings (SSSR count). The first-order valence-electron chi connectivity index (χ1n) is 24.2. The number of hydrogen-bond donors (Lipinski definition) is 12. The molecule has 2 aromatic carbocycles. The number of nitrogens with two attached hydrogens (primary N) is 5. The Bertz CT molecular complexity index is 2410. The molecule has 3 heterocycles. The van der Waals surface area contributed by atoms with Crippen LogP contribution in [0.1, 0.15) is 56.9 Å². The molecule has 2 aromatic rings. The van der Waals surface area contributed by atoms with Gasteiger partial charge in [0.25, 0.3) is 5.91 Å². The Morgan fingerprint density at radius 1 is 0.743 bits per heavy atom. The monoisotopic (exact) mass is 1050 g/mol. The van der Waals surface area contributed by atoms with Gasteiger partial charge in [-0.1, -0.05) is 42.5 Å². The van der Waals surface area contributed by atoms with Gasteiger partial charge >= 0.3 is 5.97 Å². The molecule has 2 fully saturated rings. The van der Waals surface area contributed by atoms with Crippen molar-refractivity contribution in [3.05, 3.63) is 60.2 Å². The van der Waals surface area contributed by atoms with Gasteiger partial charge in [0.05, 0.1) is 24.9 Å². The van der Waals surface area contributed by atoms with E-state index < -0.39 is 115 Å². The Hall–Kier alpha value is -7.52. The Kier molecular flexibility index (Phi) is 21.8. The molecule has 0 aliphatic carbocycles. The van der Waals surface area contributed by atoms with E-state index in [0.717, 1.165) is 4.90 Å².